The zero-order valence-electron chi connectivity index (χ0n) is 8.10. The van der Waals surface area contributed by atoms with Gasteiger partial charge in [-0.1, -0.05) is 11.8 Å². The minimum atomic E-state index is 0.913. The Hall–Kier alpha value is -2.02. The molecule has 0 bridgehead atoms. The predicted octanol–water partition coefficient (Wildman–Crippen LogP) is 0.553. The molecule has 4 nitrogen and oxygen atoms in total. The first-order valence-corrected chi connectivity index (χ1v) is 4.23. The molecule has 0 aliphatic heterocycles. The number of aromatic nitrogens is 4. The summed E-state index contributed by atoms with van der Waals surface area (Å²) in [6, 6.07) is 0. The Morgan fingerprint density at radius 1 is 0.929 bits per heavy atom. The molecule has 0 aromatic carbocycles. The van der Waals surface area contributed by atoms with Crippen molar-refractivity contribution in [1.29, 1.82) is 0 Å². The number of nitrogens with zero attached hydrogens (tertiary/aromatic N) is 4. The van der Waals surface area contributed by atoms with Crippen LogP contribution in [0.15, 0.2) is 24.8 Å². The molecule has 0 fully saturated rings. The predicted molar refractivity (Wildman–Crippen MR) is 52.4 cm³/mol. The summed E-state index contributed by atoms with van der Waals surface area (Å²) in [5.41, 5.74) is 1.83. The van der Waals surface area contributed by atoms with E-state index in [1.165, 1.54) is 0 Å². The number of hydrogen-bond acceptors (Lipinski definition) is 2. The van der Waals surface area contributed by atoms with Gasteiger partial charge in [-0.2, -0.15) is 10.2 Å². The smallest absolute Gasteiger partial charge is 0.0646 e. The SMILES string of the molecule is Cn1cc(C#Cc2cnn(C)c2)cn1. The fraction of sp³-hybridized carbons (Fsp3) is 0.200. The van der Waals surface area contributed by atoms with Crippen molar-refractivity contribution in [1.82, 2.24) is 19.6 Å². The zero-order valence-corrected chi connectivity index (χ0v) is 8.10. The van der Waals surface area contributed by atoms with E-state index in [0.717, 1.165) is 11.1 Å². The van der Waals surface area contributed by atoms with Gasteiger partial charge in [0.15, 0.2) is 0 Å². The van der Waals surface area contributed by atoms with Crippen LogP contribution in [0.3, 0.4) is 0 Å². The maximum atomic E-state index is 4.03. The molecule has 2 rings (SSSR count). The van der Waals surface area contributed by atoms with Crippen LogP contribution in [0.1, 0.15) is 11.1 Å². The third-order valence-corrected chi connectivity index (χ3v) is 1.76. The zero-order chi connectivity index (χ0) is 9.97. The van der Waals surface area contributed by atoms with Crippen LogP contribution in [-0.2, 0) is 14.1 Å². The van der Waals surface area contributed by atoms with Crippen LogP contribution in [0.25, 0.3) is 0 Å². The van der Waals surface area contributed by atoms with Gasteiger partial charge in [0.2, 0.25) is 0 Å². The molecule has 0 aliphatic rings. The fourth-order valence-corrected chi connectivity index (χ4v) is 1.12. The maximum Gasteiger partial charge on any atom is 0.0646 e. The molecule has 2 heterocycles. The standard InChI is InChI=1S/C10H10N4/c1-13-7-9(5-11-13)3-4-10-6-12-14(2)8-10/h5-8H,1-2H3. The van der Waals surface area contributed by atoms with Gasteiger partial charge in [-0.15, -0.1) is 0 Å². The largest absolute Gasteiger partial charge is 0.275 e. The molecule has 0 saturated carbocycles. The monoisotopic (exact) mass is 186 g/mol. The average Bonchev–Trinajstić information content (AvgIpc) is 2.72. The molecule has 14 heavy (non-hydrogen) atoms. The molecular formula is C10H10N4. The quantitative estimate of drug-likeness (QED) is 0.563. The van der Waals surface area contributed by atoms with E-state index in [9.17, 15) is 0 Å². The van der Waals surface area contributed by atoms with Gasteiger partial charge in [0.25, 0.3) is 0 Å². The lowest BCUT2D eigenvalue weighted by Gasteiger charge is -1.80. The molecule has 0 spiro atoms. The first-order chi connectivity index (χ1) is 6.74. The molecule has 4 heteroatoms. The molecule has 2 aromatic heterocycles. The van der Waals surface area contributed by atoms with Crippen molar-refractivity contribution in [2.75, 3.05) is 0 Å². The van der Waals surface area contributed by atoms with Crippen LogP contribution in [0.5, 0.6) is 0 Å². The highest BCUT2D eigenvalue weighted by Crippen LogP contribution is 1.96. The lowest BCUT2D eigenvalue weighted by Crippen LogP contribution is -1.84. The van der Waals surface area contributed by atoms with Crippen molar-refractivity contribution in [2.45, 2.75) is 0 Å². The normalized spacial score (nSPS) is 9.57. The van der Waals surface area contributed by atoms with E-state index in [1.54, 1.807) is 21.8 Å². The van der Waals surface area contributed by atoms with E-state index in [0.29, 0.717) is 0 Å². The summed E-state index contributed by atoms with van der Waals surface area (Å²) >= 11 is 0. The Morgan fingerprint density at radius 2 is 1.36 bits per heavy atom. The summed E-state index contributed by atoms with van der Waals surface area (Å²) in [6.45, 7) is 0. The highest BCUT2D eigenvalue weighted by Gasteiger charge is 1.91. The van der Waals surface area contributed by atoms with Gasteiger partial charge >= 0.3 is 0 Å². The fourth-order valence-electron chi connectivity index (χ4n) is 1.12. The summed E-state index contributed by atoms with van der Waals surface area (Å²) in [5.74, 6) is 6.02. The summed E-state index contributed by atoms with van der Waals surface area (Å²) < 4.78 is 3.46. The summed E-state index contributed by atoms with van der Waals surface area (Å²) in [4.78, 5) is 0. The summed E-state index contributed by atoms with van der Waals surface area (Å²) in [7, 11) is 3.74. The van der Waals surface area contributed by atoms with E-state index < -0.39 is 0 Å². The van der Waals surface area contributed by atoms with Gasteiger partial charge in [0.05, 0.1) is 23.5 Å². The lowest BCUT2D eigenvalue weighted by atomic mass is 10.3. The van der Waals surface area contributed by atoms with E-state index in [4.69, 9.17) is 0 Å². The topological polar surface area (TPSA) is 35.6 Å². The van der Waals surface area contributed by atoms with Crippen molar-refractivity contribution >= 4 is 0 Å². The van der Waals surface area contributed by atoms with Gasteiger partial charge < -0.3 is 0 Å². The Balaban J connectivity index is 2.22. The first kappa shape index (κ1) is 8.57. The van der Waals surface area contributed by atoms with Crippen molar-refractivity contribution < 1.29 is 0 Å². The minimum absolute atomic E-state index is 0.913. The van der Waals surface area contributed by atoms with Gasteiger partial charge in [0.1, 0.15) is 0 Å². The van der Waals surface area contributed by atoms with E-state index in [1.807, 2.05) is 26.5 Å². The Labute approximate surface area is 82.2 Å². The van der Waals surface area contributed by atoms with Gasteiger partial charge in [-0.05, 0) is 0 Å². The third-order valence-electron chi connectivity index (χ3n) is 1.76. The molecule has 0 saturated heterocycles. The molecule has 0 aliphatic carbocycles. The van der Waals surface area contributed by atoms with Crippen LogP contribution in [0.2, 0.25) is 0 Å². The van der Waals surface area contributed by atoms with Crippen LogP contribution in [-0.4, -0.2) is 19.6 Å². The van der Waals surface area contributed by atoms with Crippen molar-refractivity contribution in [3.8, 4) is 11.8 Å². The van der Waals surface area contributed by atoms with E-state index >= 15 is 0 Å². The van der Waals surface area contributed by atoms with Crippen LogP contribution < -0.4 is 0 Å². The summed E-state index contributed by atoms with van der Waals surface area (Å²) in [5, 5.41) is 8.05. The maximum absolute atomic E-state index is 4.03. The molecule has 2 aromatic rings. The third kappa shape index (κ3) is 1.83. The van der Waals surface area contributed by atoms with Gasteiger partial charge in [-0.3, -0.25) is 9.36 Å². The van der Waals surface area contributed by atoms with Crippen LogP contribution >= 0.6 is 0 Å². The minimum Gasteiger partial charge on any atom is -0.275 e. The molecule has 0 N–H and O–H groups in total. The number of aryl methyl sites for hydroxylation is 2. The second-order valence-corrected chi connectivity index (χ2v) is 3.06. The second kappa shape index (κ2) is 3.38. The molecular weight excluding hydrogens is 176 g/mol. The van der Waals surface area contributed by atoms with Crippen molar-refractivity contribution in [3.63, 3.8) is 0 Å². The van der Waals surface area contributed by atoms with E-state index in [-0.39, 0.29) is 0 Å². The molecule has 0 atom stereocenters. The number of hydrogen-bond donors (Lipinski definition) is 0. The molecule has 0 amide bonds. The van der Waals surface area contributed by atoms with Gasteiger partial charge in [-0.25, -0.2) is 0 Å². The van der Waals surface area contributed by atoms with Crippen LogP contribution in [0.4, 0.5) is 0 Å². The second-order valence-electron chi connectivity index (χ2n) is 3.06. The highest BCUT2D eigenvalue weighted by atomic mass is 15.2. The molecule has 0 unspecified atom stereocenters. The van der Waals surface area contributed by atoms with Gasteiger partial charge in [0, 0.05) is 26.5 Å². The lowest BCUT2D eigenvalue weighted by molar-refractivity contribution is 0.767. The molecule has 70 valence electrons. The highest BCUT2D eigenvalue weighted by molar-refractivity contribution is 5.38. The Morgan fingerprint density at radius 3 is 1.64 bits per heavy atom. The Kier molecular flexibility index (Phi) is 2.07. The Bertz CT molecular complexity index is 451. The molecule has 0 radical (unpaired) electrons. The number of rotatable bonds is 0. The first-order valence-electron chi connectivity index (χ1n) is 4.23. The average molecular weight is 186 g/mol. The van der Waals surface area contributed by atoms with Crippen molar-refractivity contribution in [2.24, 2.45) is 14.1 Å². The summed E-state index contributed by atoms with van der Waals surface area (Å²) in [6.07, 6.45) is 7.24. The van der Waals surface area contributed by atoms with Crippen molar-refractivity contribution in [3.05, 3.63) is 35.9 Å². The van der Waals surface area contributed by atoms with Crippen LogP contribution in [0, 0.1) is 11.8 Å². The van der Waals surface area contributed by atoms with E-state index in [2.05, 4.69) is 22.0 Å².